The van der Waals surface area contributed by atoms with E-state index in [0.29, 0.717) is 13.0 Å². The maximum Gasteiger partial charge on any atom is 0.227 e. The van der Waals surface area contributed by atoms with Gasteiger partial charge in [0.05, 0.1) is 24.3 Å². The molecule has 5 heterocycles. The average Bonchev–Trinajstić information content (AvgIpc) is 3.46. The molecule has 1 aliphatic rings. The van der Waals surface area contributed by atoms with Gasteiger partial charge < -0.3 is 13.9 Å². The summed E-state index contributed by atoms with van der Waals surface area (Å²) in [6, 6.07) is 7.94. The van der Waals surface area contributed by atoms with E-state index in [0.717, 1.165) is 41.1 Å². The molecular formula is C20H18N4O2S. The lowest BCUT2D eigenvalue weighted by molar-refractivity contribution is -0.129. The third kappa shape index (κ3) is 2.94. The maximum absolute atomic E-state index is 12.7. The first-order valence-electron chi connectivity index (χ1n) is 8.94. The molecule has 1 saturated heterocycles. The van der Waals surface area contributed by atoms with Crippen molar-refractivity contribution in [2.75, 3.05) is 13.1 Å². The summed E-state index contributed by atoms with van der Waals surface area (Å²) in [5, 5.41) is 4.05. The molecule has 1 atom stereocenters. The van der Waals surface area contributed by atoms with E-state index in [4.69, 9.17) is 9.40 Å². The van der Waals surface area contributed by atoms with Crippen LogP contribution in [0.2, 0.25) is 0 Å². The SMILES string of the molecule is O=C(Cc1ccsc1)N1CC[C@H](n2c(-c3ccoc3)nc3cccnc32)C1. The van der Waals surface area contributed by atoms with Crippen LogP contribution in [0.15, 0.2) is 58.2 Å². The van der Waals surface area contributed by atoms with E-state index in [9.17, 15) is 4.79 Å². The minimum atomic E-state index is 0.154. The fourth-order valence-corrected chi connectivity index (χ4v) is 4.40. The number of pyridine rings is 1. The van der Waals surface area contributed by atoms with Crippen LogP contribution in [-0.2, 0) is 11.2 Å². The van der Waals surface area contributed by atoms with Gasteiger partial charge in [-0.15, -0.1) is 0 Å². The van der Waals surface area contributed by atoms with E-state index < -0.39 is 0 Å². The summed E-state index contributed by atoms with van der Waals surface area (Å²) in [5.41, 5.74) is 3.72. The number of imidazole rings is 1. The van der Waals surface area contributed by atoms with Gasteiger partial charge in [0.25, 0.3) is 0 Å². The number of carbonyl (C=O) groups is 1. The number of aromatic nitrogens is 3. The highest BCUT2D eigenvalue weighted by molar-refractivity contribution is 7.08. The Labute approximate surface area is 160 Å². The van der Waals surface area contributed by atoms with Crippen LogP contribution in [0.25, 0.3) is 22.6 Å². The van der Waals surface area contributed by atoms with Crippen LogP contribution in [0.1, 0.15) is 18.0 Å². The van der Waals surface area contributed by atoms with E-state index in [-0.39, 0.29) is 11.9 Å². The zero-order valence-electron chi connectivity index (χ0n) is 14.6. The molecule has 7 heteroatoms. The topological polar surface area (TPSA) is 64.2 Å². The summed E-state index contributed by atoms with van der Waals surface area (Å²) in [4.78, 5) is 24.0. The molecule has 0 saturated carbocycles. The molecule has 4 aromatic heterocycles. The number of fused-ring (bicyclic) bond motifs is 1. The van der Waals surface area contributed by atoms with E-state index in [1.165, 1.54) is 0 Å². The van der Waals surface area contributed by atoms with Crippen LogP contribution in [0.3, 0.4) is 0 Å². The molecule has 5 rings (SSSR count). The molecule has 1 fully saturated rings. The van der Waals surface area contributed by atoms with Crippen molar-refractivity contribution in [1.82, 2.24) is 19.4 Å². The molecule has 0 N–H and O–H groups in total. The standard InChI is InChI=1S/C20H18N4O2S/c25-18(10-14-5-9-27-13-14)23-7-3-16(11-23)24-19(15-4-8-26-12-15)22-17-2-1-6-21-20(17)24/h1-2,4-6,8-9,12-13,16H,3,7,10-11H2/t16-/m0/s1. The molecule has 1 aliphatic heterocycles. The monoisotopic (exact) mass is 378 g/mol. The molecule has 0 spiro atoms. The van der Waals surface area contributed by atoms with Gasteiger partial charge in [-0.25, -0.2) is 9.97 Å². The Balaban J connectivity index is 1.46. The van der Waals surface area contributed by atoms with Crippen LogP contribution in [0, 0.1) is 0 Å². The van der Waals surface area contributed by atoms with Gasteiger partial charge in [-0.05, 0) is 47.0 Å². The number of furan rings is 1. The van der Waals surface area contributed by atoms with Crippen LogP contribution in [0.5, 0.6) is 0 Å². The van der Waals surface area contributed by atoms with Crippen molar-refractivity contribution >= 4 is 28.4 Å². The summed E-state index contributed by atoms with van der Waals surface area (Å²) >= 11 is 1.62. The predicted molar refractivity (Wildman–Crippen MR) is 103 cm³/mol. The number of nitrogens with zero attached hydrogens (tertiary/aromatic N) is 4. The molecule has 0 radical (unpaired) electrons. The minimum absolute atomic E-state index is 0.154. The van der Waals surface area contributed by atoms with Crippen molar-refractivity contribution in [2.45, 2.75) is 18.9 Å². The number of carbonyl (C=O) groups excluding carboxylic acids is 1. The van der Waals surface area contributed by atoms with Crippen LogP contribution >= 0.6 is 11.3 Å². The van der Waals surface area contributed by atoms with Gasteiger partial charge in [0.1, 0.15) is 17.6 Å². The Morgan fingerprint density at radius 1 is 1.33 bits per heavy atom. The van der Waals surface area contributed by atoms with Crippen molar-refractivity contribution in [3.63, 3.8) is 0 Å². The predicted octanol–water partition coefficient (Wildman–Crippen LogP) is 3.77. The van der Waals surface area contributed by atoms with Gasteiger partial charge in [0.2, 0.25) is 5.91 Å². The zero-order chi connectivity index (χ0) is 18.2. The summed E-state index contributed by atoms with van der Waals surface area (Å²) in [5.74, 6) is 1.02. The lowest BCUT2D eigenvalue weighted by atomic mass is 10.2. The molecule has 4 aromatic rings. The first kappa shape index (κ1) is 16.3. The van der Waals surface area contributed by atoms with Crippen molar-refractivity contribution in [3.8, 4) is 11.4 Å². The third-order valence-corrected chi connectivity index (χ3v) is 5.78. The number of amides is 1. The van der Waals surface area contributed by atoms with Gasteiger partial charge in [0.15, 0.2) is 5.65 Å². The van der Waals surface area contributed by atoms with Crippen molar-refractivity contribution in [2.24, 2.45) is 0 Å². The molecule has 136 valence electrons. The molecular weight excluding hydrogens is 360 g/mol. The number of thiophene rings is 1. The van der Waals surface area contributed by atoms with Crippen molar-refractivity contribution in [1.29, 1.82) is 0 Å². The summed E-state index contributed by atoms with van der Waals surface area (Å²) in [6.45, 7) is 1.43. The Morgan fingerprint density at radius 2 is 2.30 bits per heavy atom. The number of hydrogen-bond donors (Lipinski definition) is 0. The lowest BCUT2D eigenvalue weighted by Crippen LogP contribution is -2.30. The van der Waals surface area contributed by atoms with Crippen molar-refractivity contribution < 1.29 is 9.21 Å². The Hall–Kier alpha value is -2.93. The fourth-order valence-electron chi connectivity index (χ4n) is 3.73. The number of rotatable bonds is 4. The summed E-state index contributed by atoms with van der Waals surface area (Å²) < 4.78 is 7.43. The third-order valence-electron chi connectivity index (χ3n) is 5.04. The summed E-state index contributed by atoms with van der Waals surface area (Å²) in [7, 11) is 0. The lowest BCUT2D eigenvalue weighted by Gasteiger charge is -2.18. The van der Waals surface area contributed by atoms with Crippen LogP contribution < -0.4 is 0 Å². The fraction of sp³-hybridized carbons (Fsp3) is 0.250. The smallest absolute Gasteiger partial charge is 0.227 e. The molecule has 0 bridgehead atoms. The average molecular weight is 378 g/mol. The molecule has 1 amide bonds. The molecule has 0 aromatic carbocycles. The zero-order valence-corrected chi connectivity index (χ0v) is 15.4. The maximum atomic E-state index is 12.7. The highest BCUT2D eigenvalue weighted by atomic mass is 32.1. The van der Waals surface area contributed by atoms with E-state index in [1.54, 1.807) is 30.1 Å². The Bertz CT molecular complexity index is 1070. The minimum Gasteiger partial charge on any atom is -0.472 e. The van der Waals surface area contributed by atoms with Gasteiger partial charge >= 0.3 is 0 Å². The molecule has 0 unspecified atom stereocenters. The Morgan fingerprint density at radius 3 is 3.11 bits per heavy atom. The first-order chi connectivity index (χ1) is 13.3. The van der Waals surface area contributed by atoms with E-state index >= 15 is 0 Å². The largest absolute Gasteiger partial charge is 0.472 e. The molecule has 6 nitrogen and oxygen atoms in total. The number of likely N-dealkylation sites (tertiary alicyclic amines) is 1. The van der Waals surface area contributed by atoms with Crippen LogP contribution in [-0.4, -0.2) is 38.4 Å². The Kier molecular flexibility index (Phi) is 4.01. The second kappa shape index (κ2) is 6.66. The molecule has 0 aliphatic carbocycles. The highest BCUT2D eigenvalue weighted by Crippen LogP contribution is 2.32. The first-order valence-corrected chi connectivity index (χ1v) is 9.88. The quantitative estimate of drug-likeness (QED) is 0.542. The molecule has 27 heavy (non-hydrogen) atoms. The van der Waals surface area contributed by atoms with Gasteiger partial charge in [-0.3, -0.25) is 4.79 Å². The van der Waals surface area contributed by atoms with Crippen molar-refractivity contribution in [3.05, 3.63) is 59.3 Å². The van der Waals surface area contributed by atoms with Crippen LogP contribution in [0.4, 0.5) is 0 Å². The van der Waals surface area contributed by atoms with Gasteiger partial charge in [0, 0.05) is 19.3 Å². The second-order valence-corrected chi connectivity index (χ2v) is 7.53. The summed E-state index contributed by atoms with van der Waals surface area (Å²) in [6.07, 6.45) is 6.49. The normalized spacial score (nSPS) is 17.0. The van der Waals surface area contributed by atoms with Gasteiger partial charge in [-0.1, -0.05) is 0 Å². The van der Waals surface area contributed by atoms with E-state index in [1.807, 2.05) is 39.9 Å². The van der Waals surface area contributed by atoms with Gasteiger partial charge in [-0.2, -0.15) is 11.3 Å². The van der Waals surface area contributed by atoms with E-state index in [2.05, 4.69) is 9.55 Å². The second-order valence-electron chi connectivity index (χ2n) is 6.75. The highest BCUT2D eigenvalue weighted by Gasteiger charge is 2.31. The number of hydrogen-bond acceptors (Lipinski definition) is 5.